The molecule has 2 rings (SSSR count). The fourth-order valence-corrected chi connectivity index (χ4v) is 2.81. The largest absolute Gasteiger partial charge is 0.406 e. The minimum Gasteiger partial charge on any atom is -0.332 e. The number of hydrogen-bond donors (Lipinski definition) is 0. The lowest BCUT2D eigenvalue weighted by Crippen LogP contribution is -2.45. The van der Waals surface area contributed by atoms with Crippen molar-refractivity contribution in [3.8, 4) is 0 Å². The predicted molar refractivity (Wildman–Crippen MR) is 73.8 cm³/mol. The first-order chi connectivity index (χ1) is 9.39. The number of benzene rings is 1. The normalized spacial score (nSPS) is 16.8. The van der Waals surface area contributed by atoms with E-state index in [4.69, 9.17) is 0 Å². The van der Waals surface area contributed by atoms with Gasteiger partial charge in [-0.2, -0.15) is 13.2 Å². The van der Waals surface area contributed by atoms with Gasteiger partial charge in [0.25, 0.3) is 0 Å². The van der Waals surface area contributed by atoms with Crippen molar-refractivity contribution in [3.63, 3.8) is 0 Å². The molecule has 0 spiro atoms. The third-order valence-electron chi connectivity index (χ3n) is 3.50. The molecule has 0 radical (unpaired) electrons. The van der Waals surface area contributed by atoms with E-state index >= 15 is 0 Å². The summed E-state index contributed by atoms with van der Waals surface area (Å²) < 4.78 is 37.8. The Balaban J connectivity index is 2.19. The topological polar surface area (TPSA) is 20.3 Å². The molecule has 0 heterocycles. The molecular formula is C14H15BrF3NO. The molecule has 1 aliphatic rings. The first-order valence-corrected chi connectivity index (χ1v) is 7.49. The third kappa shape index (κ3) is 3.34. The van der Waals surface area contributed by atoms with Crippen LogP contribution in [-0.4, -0.2) is 35.4 Å². The molecule has 1 aromatic rings. The van der Waals surface area contributed by atoms with E-state index in [1.165, 1.54) is 0 Å². The summed E-state index contributed by atoms with van der Waals surface area (Å²) >= 11 is 3.11. The molecule has 110 valence electrons. The van der Waals surface area contributed by atoms with Crippen molar-refractivity contribution in [1.82, 2.24) is 4.90 Å². The SMILES string of the molecule is O=C(N(CCBr)CC(F)(F)F)C1(c2ccccc2)CC1. The molecule has 1 aromatic carbocycles. The zero-order valence-electron chi connectivity index (χ0n) is 10.8. The molecule has 0 N–H and O–H groups in total. The van der Waals surface area contributed by atoms with Gasteiger partial charge in [0.1, 0.15) is 6.54 Å². The number of carbonyl (C=O) groups is 1. The molecule has 1 aliphatic carbocycles. The molecule has 0 unspecified atom stereocenters. The highest BCUT2D eigenvalue weighted by atomic mass is 79.9. The van der Waals surface area contributed by atoms with Crippen molar-refractivity contribution in [1.29, 1.82) is 0 Å². The Morgan fingerprint density at radius 2 is 1.85 bits per heavy atom. The molecule has 0 aliphatic heterocycles. The van der Waals surface area contributed by atoms with Crippen molar-refractivity contribution in [2.45, 2.75) is 24.4 Å². The van der Waals surface area contributed by atoms with Crippen LogP contribution in [0, 0.1) is 0 Å². The van der Waals surface area contributed by atoms with Crippen LogP contribution >= 0.6 is 15.9 Å². The average molecular weight is 350 g/mol. The Kier molecular flexibility index (Phi) is 4.42. The number of amides is 1. The van der Waals surface area contributed by atoms with Gasteiger partial charge in [-0.05, 0) is 18.4 Å². The summed E-state index contributed by atoms with van der Waals surface area (Å²) in [7, 11) is 0. The lowest BCUT2D eigenvalue weighted by Gasteiger charge is -2.28. The number of halogens is 4. The summed E-state index contributed by atoms with van der Waals surface area (Å²) in [6, 6.07) is 9.06. The molecule has 1 saturated carbocycles. The second-order valence-electron chi connectivity index (χ2n) is 4.98. The van der Waals surface area contributed by atoms with Gasteiger partial charge in [0.2, 0.25) is 5.91 Å². The molecule has 0 bridgehead atoms. The molecule has 2 nitrogen and oxygen atoms in total. The van der Waals surface area contributed by atoms with Gasteiger partial charge in [-0.25, -0.2) is 0 Å². The lowest BCUT2D eigenvalue weighted by atomic mass is 9.94. The van der Waals surface area contributed by atoms with E-state index in [-0.39, 0.29) is 6.54 Å². The Morgan fingerprint density at radius 3 is 2.30 bits per heavy atom. The van der Waals surface area contributed by atoms with Crippen LogP contribution in [0.25, 0.3) is 0 Å². The second-order valence-corrected chi connectivity index (χ2v) is 5.77. The fourth-order valence-electron chi connectivity index (χ4n) is 2.38. The Bertz CT molecular complexity index is 471. The molecule has 1 fully saturated rings. The van der Waals surface area contributed by atoms with Crippen LogP contribution in [0.4, 0.5) is 13.2 Å². The lowest BCUT2D eigenvalue weighted by molar-refractivity contribution is -0.162. The Labute approximate surface area is 124 Å². The summed E-state index contributed by atoms with van der Waals surface area (Å²) in [5.74, 6) is -0.416. The van der Waals surface area contributed by atoms with Crippen molar-refractivity contribution < 1.29 is 18.0 Å². The van der Waals surface area contributed by atoms with Crippen LogP contribution in [0.3, 0.4) is 0 Å². The van der Waals surface area contributed by atoms with E-state index in [9.17, 15) is 18.0 Å². The highest BCUT2D eigenvalue weighted by Gasteiger charge is 2.53. The van der Waals surface area contributed by atoms with Crippen LogP contribution in [0.1, 0.15) is 18.4 Å². The second kappa shape index (κ2) is 5.76. The smallest absolute Gasteiger partial charge is 0.332 e. The predicted octanol–water partition coefficient (Wildman–Crippen LogP) is 3.50. The standard InChI is InChI=1S/C14H15BrF3NO/c15-8-9-19(10-14(16,17)18)12(20)13(6-7-13)11-4-2-1-3-5-11/h1-5H,6-10H2. The molecule has 1 amide bonds. The van der Waals surface area contributed by atoms with Gasteiger partial charge >= 0.3 is 6.18 Å². The highest BCUT2D eigenvalue weighted by Crippen LogP contribution is 2.49. The van der Waals surface area contributed by atoms with E-state index in [1.54, 1.807) is 12.1 Å². The van der Waals surface area contributed by atoms with E-state index in [0.717, 1.165) is 10.5 Å². The number of nitrogens with zero attached hydrogens (tertiary/aromatic N) is 1. The first kappa shape index (κ1) is 15.4. The van der Waals surface area contributed by atoms with Gasteiger partial charge in [0, 0.05) is 11.9 Å². The van der Waals surface area contributed by atoms with Crippen LogP contribution in [0.5, 0.6) is 0 Å². The minimum absolute atomic E-state index is 0.0624. The molecule has 6 heteroatoms. The van der Waals surface area contributed by atoms with E-state index in [2.05, 4.69) is 15.9 Å². The van der Waals surface area contributed by atoms with E-state index in [0.29, 0.717) is 18.2 Å². The highest BCUT2D eigenvalue weighted by molar-refractivity contribution is 9.09. The molecule has 0 aromatic heterocycles. The Morgan fingerprint density at radius 1 is 1.25 bits per heavy atom. The maximum Gasteiger partial charge on any atom is 0.406 e. The first-order valence-electron chi connectivity index (χ1n) is 6.37. The average Bonchev–Trinajstić information content (AvgIpc) is 3.18. The van der Waals surface area contributed by atoms with Crippen LogP contribution in [-0.2, 0) is 10.2 Å². The monoisotopic (exact) mass is 349 g/mol. The minimum atomic E-state index is -4.37. The van der Waals surface area contributed by atoms with Crippen molar-refractivity contribution in [2.75, 3.05) is 18.4 Å². The maximum atomic E-state index is 12.6. The number of hydrogen-bond acceptors (Lipinski definition) is 1. The summed E-state index contributed by atoms with van der Waals surface area (Å²) in [6.07, 6.45) is -3.14. The van der Waals surface area contributed by atoms with Crippen LogP contribution in [0.15, 0.2) is 30.3 Å². The number of carbonyl (C=O) groups excluding carboxylic acids is 1. The molecule has 0 atom stereocenters. The zero-order chi connectivity index (χ0) is 14.8. The summed E-state index contributed by atoms with van der Waals surface area (Å²) in [5.41, 5.74) is 0.0704. The number of rotatable bonds is 5. The van der Waals surface area contributed by atoms with E-state index < -0.39 is 24.0 Å². The van der Waals surface area contributed by atoms with E-state index in [1.807, 2.05) is 18.2 Å². The summed E-state index contributed by atoms with van der Waals surface area (Å²) in [5, 5.41) is 0.333. The Hall–Kier alpha value is -1.04. The fraction of sp³-hybridized carbons (Fsp3) is 0.500. The van der Waals surface area contributed by atoms with Gasteiger partial charge in [-0.15, -0.1) is 0 Å². The third-order valence-corrected chi connectivity index (χ3v) is 3.85. The zero-order valence-corrected chi connectivity index (χ0v) is 12.4. The van der Waals surface area contributed by atoms with Gasteiger partial charge in [-0.3, -0.25) is 4.79 Å². The molecule has 0 saturated heterocycles. The van der Waals surface area contributed by atoms with Crippen molar-refractivity contribution in [2.24, 2.45) is 0 Å². The molecular weight excluding hydrogens is 335 g/mol. The van der Waals surface area contributed by atoms with Crippen molar-refractivity contribution >= 4 is 21.8 Å². The maximum absolute atomic E-state index is 12.6. The quantitative estimate of drug-likeness (QED) is 0.745. The number of alkyl halides is 4. The van der Waals surface area contributed by atoms with Gasteiger partial charge in [0.05, 0.1) is 5.41 Å². The van der Waals surface area contributed by atoms with Gasteiger partial charge < -0.3 is 4.90 Å². The van der Waals surface area contributed by atoms with Crippen LogP contribution in [0.2, 0.25) is 0 Å². The van der Waals surface area contributed by atoms with Crippen molar-refractivity contribution in [3.05, 3.63) is 35.9 Å². The molecule has 20 heavy (non-hydrogen) atoms. The van der Waals surface area contributed by atoms with Gasteiger partial charge in [-0.1, -0.05) is 46.3 Å². The van der Waals surface area contributed by atoms with Crippen LogP contribution < -0.4 is 0 Å². The summed E-state index contributed by atoms with van der Waals surface area (Å²) in [4.78, 5) is 13.4. The summed E-state index contributed by atoms with van der Waals surface area (Å²) in [6.45, 7) is -1.13. The van der Waals surface area contributed by atoms with Gasteiger partial charge in [0.15, 0.2) is 0 Å².